The minimum absolute atomic E-state index is 0.0411. The molecule has 1 aromatic heterocycles. The van der Waals surface area contributed by atoms with Crippen LogP contribution < -0.4 is 5.32 Å². The van der Waals surface area contributed by atoms with E-state index in [0.29, 0.717) is 12.5 Å². The summed E-state index contributed by atoms with van der Waals surface area (Å²) in [6.07, 6.45) is 2.10. The monoisotopic (exact) mass is 277 g/mol. The van der Waals surface area contributed by atoms with Crippen LogP contribution in [0, 0.1) is 23.7 Å². The van der Waals surface area contributed by atoms with Crippen molar-refractivity contribution in [3.8, 4) is 0 Å². The van der Waals surface area contributed by atoms with Gasteiger partial charge in [0.1, 0.15) is 0 Å². The Kier molecular flexibility index (Phi) is 3.69. The largest absolute Gasteiger partial charge is 0.350 e. The van der Waals surface area contributed by atoms with Crippen molar-refractivity contribution in [3.05, 3.63) is 17.5 Å². The van der Waals surface area contributed by atoms with Crippen molar-refractivity contribution in [1.29, 1.82) is 0 Å². The Labute approximate surface area is 121 Å². The lowest BCUT2D eigenvalue weighted by molar-refractivity contribution is -0.136. The molecule has 0 aromatic carbocycles. The standard InChI is InChI=1S/C16H27N3O/c1-11-7-8-16(5,15(11,3)4)14(20)17-10-13-9-12(2)18-19(13)6/h9,11H,7-8,10H2,1-6H3,(H,17,20)/t11-,16-/m0/s1. The molecule has 0 spiro atoms. The van der Waals surface area contributed by atoms with Crippen LogP contribution in [0.4, 0.5) is 0 Å². The van der Waals surface area contributed by atoms with Gasteiger partial charge in [-0.25, -0.2) is 0 Å². The van der Waals surface area contributed by atoms with Crippen LogP contribution in [0.15, 0.2) is 6.07 Å². The molecule has 1 aliphatic carbocycles. The second-order valence-corrected chi connectivity index (χ2v) is 7.08. The maximum Gasteiger partial charge on any atom is 0.226 e. The summed E-state index contributed by atoms with van der Waals surface area (Å²) in [5.74, 6) is 0.753. The predicted molar refractivity (Wildman–Crippen MR) is 80.1 cm³/mol. The average Bonchev–Trinajstić information content (AvgIpc) is 2.79. The van der Waals surface area contributed by atoms with Crippen LogP contribution in [-0.2, 0) is 18.4 Å². The van der Waals surface area contributed by atoms with Gasteiger partial charge in [0.25, 0.3) is 0 Å². The van der Waals surface area contributed by atoms with Gasteiger partial charge < -0.3 is 5.32 Å². The van der Waals surface area contributed by atoms with Crippen molar-refractivity contribution in [2.75, 3.05) is 0 Å². The molecule has 112 valence electrons. The minimum Gasteiger partial charge on any atom is -0.350 e. The molecule has 2 rings (SSSR count). The SMILES string of the molecule is Cc1cc(CNC(=O)[C@]2(C)CC[C@H](C)C2(C)C)n(C)n1. The molecule has 1 amide bonds. The van der Waals surface area contributed by atoms with Crippen molar-refractivity contribution < 1.29 is 4.79 Å². The summed E-state index contributed by atoms with van der Waals surface area (Å²) >= 11 is 0. The number of nitrogens with zero attached hydrogens (tertiary/aromatic N) is 2. The number of aryl methyl sites for hydroxylation is 2. The first kappa shape index (κ1) is 15.1. The molecule has 4 nitrogen and oxygen atoms in total. The van der Waals surface area contributed by atoms with E-state index in [1.165, 1.54) is 0 Å². The number of hydrogen-bond acceptors (Lipinski definition) is 2. The summed E-state index contributed by atoms with van der Waals surface area (Å²) in [5.41, 5.74) is 1.79. The molecule has 1 aliphatic rings. The summed E-state index contributed by atoms with van der Waals surface area (Å²) in [6.45, 7) is 11.3. The van der Waals surface area contributed by atoms with Gasteiger partial charge >= 0.3 is 0 Å². The Morgan fingerprint density at radius 2 is 2.15 bits per heavy atom. The fraction of sp³-hybridized carbons (Fsp3) is 0.750. The fourth-order valence-corrected chi connectivity index (χ4v) is 3.33. The van der Waals surface area contributed by atoms with E-state index in [2.05, 4.69) is 38.1 Å². The van der Waals surface area contributed by atoms with Crippen molar-refractivity contribution in [2.24, 2.45) is 23.8 Å². The van der Waals surface area contributed by atoms with Gasteiger partial charge in [-0.15, -0.1) is 0 Å². The van der Waals surface area contributed by atoms with Crippen LogP contribution in [0.1, 0.15) is 51.9 Å². The van der Waals surface area contributed by atoms with E-state index in [1.54, 1.807) is 0 Å². The number of rotatable bonds is 3. The first-order valence-corrected chi connectivity index (χ1v) is 7.46. The van der Waals surface area contributed by atoms with Gasteiger partial charge in [0.05, 0.1) is 23.3 Å². The van der Waals surface area contributed by atoms with Crippen LogP contribution in [-0.4, -0.2) is 15.7 Å². The van der Waals surface area contributed by atoms with E-state index in [4.69, 9.17) is 0 Å². The highest BCUT2D eigenvalue weighted by atomic mass is 16.2. The van der Waals surface area contributed by atoms with Crippen molar-refractivity contribution in [3.63, 3.8) is 0 Å². The summed E-state index contributed by atoms with van der Waals surface area (Å²) in [4.78, 5) is 12.7. The highest BCUT2D eigenvalue weighted by Gasteiger charge is 2.53. The van der Waals surface area contributed by atoms with Gasteiger partial charge in [-0.05, 0) is 37.2 Å². The van der Waals surface area contributed by atoms with Crippen molar-refractivity contribution in [1.82, 2.24) is 15.1 Å². The summed E-state index contributed by atoms with van der Waals surface area (Å²) < 4.78 is 1.83. The molecule has 1 fully saturated rings. The molecule has 1 saturated carbocycles. The molecule has 20 heavy (non-hydrogen) atoms. The van der Waals surface area contributed by atoms with Crippen LogP contribution >= 0.6 is 0 Å². The van der Waals surface area contributed by atoms with E-state index in [9.17, 15) is 4.79 Å². The lowest BCUT2D eigenvalue weighted by Gasteiger charge is -2.39. The number of nitrogens with one attached hydrogen (secondary N) is 1. The van der Waals surface area contributed by atoms with E-state index in [0.717, 1.165) is 24.2 Å². The topological polar surface area (TPSA) is 46.9 Å². The van der Waals surface area contributed by atoms with E-state index in [-0.39, 0.29) is 16.7 Å². The molecule has 0 bridgehead atoms. The molecular weight excluding hydrogens is 250 g/mol. The molecule has 0 aliphatic heterocycles. The van der Waals surface area contributed by atoms with Crippen LogP contribution in [0.3, 0.4) is 0 Å². The molecule has 2 atom stereocenters. The number of aromatic nitrogens is 2. The quantitative estimate of drug-likeness (QED) is 0.923. The molecule has 0 unspecified atom stereocenters. The lowest BCUT2D eigenvalue weighted by Crippen LogP contribution is -2.46. The highest BCUT2D eigenvalue weighted by Crippen LogP contribution is 2.55. The Hall–Kier alpha value is -1.32. The summed E-state index contributed by atoms with van der Waals surface area (Å²) in [6, 6.07) is 2.02. The second kappa shape index (κ2) is 4.90. The number of carbonyl (C=O) groups is 1. The third-order valence-corrected chi connectivity index (χ3v) is 5.76. The maximum atomic E-state index is 12.7. The Morgan fingerprint density at radius 3 is 2.60 bits per heavy atom. The first-order valence-electron chi connectivity index (χ1n) is 7.46. The molecule has 1 heterocycles. The second-order valence-electron chi connectivity index (χ2n) is 7.08. The highest BCUT2D eigenvalue weighted by molar-refractivity contribution is 5.83. The van der Waals surface area contributed by atoms with Gasteiger partial charge in [0, 0.05) is 7.05 Å². The lowest BCUT2D eigenvalue weighted by atomic mass is 9.65. The predicted octanol–water partition coefficient (Wildman–Crippen LogP) is 2.81. The van der Waals surface area contributed by atoms with E-state index >= 15 is 0 Å². The summed E-state index contributed by atoms with van der Waals surface area (Å²) in [7, 11) is 1.91. The Balaban J connectivity index is 2.07. The van der Waals surface area contributed by atoms with Crippen LogP contribution in [0.25, 0.3) is 0 Å². The fourth-order valence-electron chi connectivity index (χ4n) is 3.33. The average molecular weight is 277 g/mol. The third-order valence-electron chi connectivity index (χ3n) is 5.76. The maximum absolute atomic E-state index is 12.7. The van der Waals surface area contributed by atoms with Gasteiger partial charge in [-0.2, -0.15) is 5.10 Å². The number of carbonyl (C=O) groups excluding carboxylic acids is 1. The minimum atomic E-state index is -0.278. The van der Waals surface area contributed by atoms with E-state index < -0.39 is 0 Å². The van der Waals surface area contributed by atoms with E-state index in [1.807, 2.05) is 24.7 Å². The van der Waals surface area contributed by atoms with Gasteiger partial charge in [0.2, 0.25) is 5.91 Å². The first-order chi connectivity index (χ1) is 9.18. The van der Waals surface area contributed by atoms with Gasteiger partial charge in [-0.1, -0.05) is 27.7 Å². The summed E-state index contributed by atoms with van der Waals surface area (Å²) in [5, 5.41) is 7.42. The van der Waals surface area contributed by atoms with Crippen molar-refractivity contribution in [2.45, 2.75) is 54.0 Å². The molecule has 1 aromatic rings. The van der Waals surface area contributed by atoms with Crippen LogP contribution in [0.2, 0.25) is 0 Å². The zero-order chi connectivity index (χ0) is 15.1. The zero-order valence-electron chi connectivity index (χ0n) is 13.6. The Morgan fingerprint density at radius 1 is 1.50 bits per heavy atom. The van der Waals surface area contributed by atoms with Gasteiger partial charge in [0.15, 0.2) is 0 Å². The Bertz CT molecular complexity index is 518. The number of amides is 1. The third kappa shape index (κ3) is 2.25. The van der Waals surface area contributed by atoms with Crippen LogP contribution in [0.5, 0.6) is 0 Å². The molecule has 4 heteroatoms. The number of hydrogen-bond donors (Lipinski definition) is 1. The van der Waals surface area contributed by atoms with Crippen molar-refractivity contribution >= 4 is 5.91 Å². The smallest absolute Gasteiger partial charge is 0.226 e. The zero-order valence-corrected chi connectivity index (χ0v) is 13.6. The van der Waals surface area contributed by atoms with Gasteiger partial charge in [-0.3, -0.25) is 9.48 Å². The molecule has 1 N–H and O–H groups in total. The molecule has 0 radical (unpaired) electrons. The molecule has 0 saturated heterocycles. The molecular formula is C16H27N3O. The normalized spacial score (nSPS) is 28.6.